The highest BCUT2D eigenvalue weighted by atomic mass is 19.1. The van der Waals surface area contributed by atoms with Crippen LogP contribution in [0.3, 0.4) is 0 Å². The Morgan fingerprint density at radius 3 is 2.65 bits per heavy atom. The predicted octanol–water partition coefficient (Wildman–Crippen LogP) is 5.09. The van der Waals surface area contributed by atoms with Gasteiger partial charge in [-0.05, 0) is 32.4 Å². The lowest BCUT2D eigenvalue weighted by Crippen LogP contribution is -2.50. The SMILES string of the molecule is Cc1c[nH]c2c(-c3c(F)cc4c(c3F)[C@@H](C)[C@H](O)C(C)(C)N4)cccc12. The summed E-state index contributed by atoms with van der Waals surface area (Å²) in [6.07, 6.45) is 1.05. The molecule has 136 valence electrons. The zero-order chi connectivity index (χ0) is 18.8. The largest absolute Gasteiger partial charge is 0.390 e. The number of aliphatic hydroxyl groups is 1. The molecule has 0 aliphatic carbocycles. The predicted molar refractivity (Wildman–Crippen MR) is 101 cm³/mol. The fourth-order valence-corrected chi connectivity index (χ4v) is 4.14. The van der Waals surface area contributed by atoms with Crippen molar-refractivity contribution in [3.05, 3.63) is 53.2 Å². The average molecular weight is 356 g/mol. The summed E-state index contributed by atoms with van der Waals surface area (Å²) in [5.74, 6) is -1.69. The van der Waals surface area contributed by atoms with E-state index in [1.165, 1.54) is 6.07 Å². The van der Waals surface area contributed by atoms with Crippen LogP contribution in [0.5, 0.6) is 0 Å². The second-order valence-electron chi connectivity index (χ2n) is 7.79. The lowest BCUT2D eigenvalue weighted by Gasteiger charge is -2.42. The third-order valence-electron chi connectivity index (χ3n) is 5.57. The number of hydrogen-bond donors (Lipinski definition) is 3. The van der Waals surface area contributed by atoms with Crippen molar-refractivity contribution in [1.82, 2.24) is 4.98 Å². The van der Waals surface area contributed by atoms with Gasteiger partial charge in [0.05, 0.1) is 22.7 Å². The topological polar surface area (TPSA) is 48.0 Å². The monoisotopic (exact) mass is 356 g/mol. The number of nitrogens with one attached hydrogen (secondary N) is 2. The maximum absolute atomic E-state index is 15.5. The van der Waals surface area contributed by atoms with E-state index in [1.54, 1.807) is 19.1 Å². The fourth-order valence-electron chi connectivity index (χ4n) is 4.14. The van der Waals surface area contributed by atoms with Crippen LogP contribution in [-0.2, 0) is 0 Å². The first-order chi connectivity index (χ1) is 12.2. The summed E-state index contributed by atoms with van der Waals surface area (Å²) in [7, 11) is 0. The molecule has 4 rings (SSSR count). The van der Waals surface area contributed by atoms with Crippen molar-refractivity contribution in [2.75, 3.05) is 5.32 Å². The van der Waals surface area contributed by atoms with E-state index in [4.69, 9.17) is 0 Å². The normalized spacial score (nSPS) is 21.5. The third kappa shape index (κ3) is 2.27. The molecule has 3 N–H and O–H groups in total. The van der Waals surface area contributed by atoms with Crippen molar-refractivity contribution in [2.24, 2.45) is 0 Å². The first-order valence-electron chi connectivity index (χ1n) is 8.77. The molecule has 0 saturated heterocycles. The van der Waals surface area contributed by atoms with Gasteiger partial charge in [0.1, 0.15) is 11.6 Å². The minimum absolute atomic E-state index is 0.0586. The first-order valence-corrected chi connectivity index (χ1v) is 8.77. The van der Waals surface area contributed by atoms with Gasteiger partial charge in [0.15, 0.2) is 0 Å². The number of halogens is 2. The summed E-state index contributed by atoms with van der Waals surface area (Å²) in [6, 6.07) is 6.78. The van der Waals surface area contributed by atoms with Crippen LogP contribution in [0.4, 0.5) is 14.5 Å². The van der Waals surface area contributed by atoms with Gasteiger partial charge in [0.25, 0.3) is 0 Å². The molecular weight excluding hydrogens is 334 g/mol. The summed E-state index contributed by atoms with van der Waals surface area (Å²) in [4.78, 5) is 3.12. The van der Waals surface area contributed by atoms with Crippen LogP contribution in [0.15, 0.2) is 30.5 Å². The van der Waals surface area contributed by atoms with E-state index in [2.05, 4.69) is 10.3 Å². The Hall–Kier alpha value is -2.40. The van der Waals surface area contributed by atoms with E-state index >= 15 is 4.39 Å². The molecule has 0 amide bonds. The Balaban J connectivity index is 2.00. The number of rotatable bonds is 1. The van der Waals surface area contributed by atoms with Gasteiger partial charge in [0, 0.05) is 34.3 Å². The van der Waals surface area contributed by atoms with Gasteiger partial charge in [0.2, 0.25) is 0 Å². The molecule has 1 aromatic heterocycles. The highest BCUT2D eigenvalue weighted by molar-refractivity contribution is 5.96. The van der Waals surface area contributed by atoms with Crippen molar-refractivity contribution in [3.63, 3.8) is 0 Å². The molecule has 1 aliphatic heterocycles. The van der Waals surface area contributed by atoms with Gasteiger partial charge in [-0.3, -0.25) is 0 Å². The van der Waals surface area contributed by atoms with E-state index in [-0.39, 0.29) is 5.56 Å². The number of aliphatic hydroxyl groups excluding tert-OH is 1. The first kappa shape index (κ1) is 17.0. The summed E-state index contributed by atoms with van der Waals surface area (Å²) in [6.45, 7) is 7.37. The molecular formula is C21H22F2N2O. The van der Waals surface area contributed by atoms with Gasteiger partial charge in [-0.15, -0.1) is 0 Å². The van der Waals surface area contributed by atoms with Gasteiger partial charge in [-0.2, -0.15) is 0 Å². The summed E-state index contributed by atoms with van der Waals surface area (Å²) >= 11 is 0. The van der Waals surface area contributed by atoms with Gasteiger partial charge in [-0.1, -0.05) is 25.1 Å². The zero-order valence-corrected chi connectivity index (χ0v) is 15.2. The van der Waals surface area contributed by atoms with Crippen LogP contribution < -0.4 is 5.32 Å². The Morgan fingerprint density at radius 2 is 1.92 bits per heavy atom. The van der Waals surface area contributed by atoms with Crippen LogP contribution in [0.1, 0.15) is 37.8 Å². The standard InChI is InChI=1S/C21H22F2N2O/c1-10-9-24-19-12(10)6-5-7-13(19)17-14(22)8-15-16(18(17)23)11(2)20(26)21(3,4)25-15/h5-9,11,20,24-26H,1-4H3/t11-,20+/m1/s1. The van der Waals surface area contributed by atoms with E-state index in [0.717, 1.165) is 10.9 Å². The van der Waals surface area contributed by atoms with E-state index in [9.17, 15) is 9.50 Å². The molecule has 2 atom stereocenters. The molecule has 0 bridgehead atoms. The molecule has 2 aromatic carbocycles. The second-order valence-corrected chi connectivity index (χ2v) is 7.79. The highest BCUT2D eigenvalue weighted by Crippen LogP contribution is 2.45. The van der Waals surface area contributed by atoms with E-state index in [1.807, 2.05) is 33.0 Å². The van der Waals surface area contributed by atoms with Crippen molar-refractivity contribution < 1.29 is 13.9 Å². The minimum atomic E-state index is -0.786. The Bertz CT molecular complexity index is 1020. The van der Waals surface area contributed by atoms with Crippen LogP contribution in [0.25, 0.3) is 22.0 Å². The number of para-hydroxylation sites is 1. The van der Waals surface area contributed by atoms with Crippen molar-refractivity contribution >= 4 is 16.6 Å². The molecule has 0 unspecified atom stereocenters. The lowest BCUT2D eigenvalue weighted by atomic mass is 9.78. The maximum Gasteiger partial charge on any atom is 0.139 e. The molecule has 26 heavy (non-hydrogen) atoms. The number of aryl methyl sites for hydroxylation is 1. The van der Waals surface area contributed by atoms with E-state index < -0.39 is 29.2 Å². The van der Waals surface area contributed by atoms with Crippen LogP contribution >= 0.6 is 0 Å². The van der Waals surface area contributed by atoms with Crippen LogP contribution in [-0.4, -0.2) is 21.7 Å². The van der Waals surface area contributed by atoms with Crippen molar-refractivity contribution in [2.45, 2.75) is 45.3 Å². The summed E-state index contributed by atoms with van der Waals surface area (Å²) < 4.78 is 30.5. The maximum atomic E-state index is 15.5. The number of aromatic amines is 1. The lowest BCUT2D eigenvalue weighted by molar-refractivity contribution is 0.0854. The van der Waals surface area contributed by atoms with E-state index in [0.29, 0.717) is 22.3 Å². The van der Waals surface area contributed by atoms with Gasteiger partial charge in [-0.25, -0.2) is 8.78 Å². The van der Waals surface area contributed by atoms with Crippen molar-refractivity contribution in [1.29, 1.82) is 0 Å². The summed E-state index contributed by atoms with van der Waals surface area (Å²) in [5, 5.41) is 14.6. The smallest absolute Gasteiger partial charge is 0.139 e. The molecule has 0 saturated carbocycles. The molecule has 0 fully saturated rings. The number of anilines is 1. The van der Waals surface area contributed by atoms with Gasteiger partial charge < -0.3 is 15.4 Å². The van der Waals surface area contributed by atoms with Crippen LogP contribution in [0.2, 0.25) is 0 Å². The number of fused-ring (bicyclic) bond motifs is 2. The Kier molecular flexibility index (Phi) is 3.63. The third-order valence-corrected chi connectivity index (χ3v) is 5.57. The average Bonchev–Trinajstić information content (AvgIpc) is 2.94. The second kappa shape index (κ2) is 5.55. The Labute approximate surface area is 151 Å². The number of hydrogen-bond acceptors (Lipinski definition) is 2. The Morgan fingerprint density at radius 1 is 1.19 bits per heavy atom. The summed E-state index contributed by atoms with van der Waals surface area (Å²) in [5.41, 5.74) is 2.23. The minimum Gasteiger partial charge on any atom is -0.390 e. The number of H-pyrrole nitrogens is 1. The molecule has 0 spiro atoms. The molecule has 1 aliphatic rings. The quantitative estimate of drug-likeness (QED) is 0.569. The fraction of sp³-hybridized carbons (Fsp3) is 0.333. The molecule has 5 heteroatoms. The molecule has 3 nitrogen and oxygen atoms in total. The highest BCUT2D eigenvalue weighted by Gasteiger charge is 2.41. The van der Waals surface area contributed by atoms with Gasteiger partial charge >= 0.3 is 0 Å². The molecule has 3 aromatic rings. The molecule has 0 radical (unpaired) electrons. The molecule has 2 heterocycles. The zero-order valence-electron chi connectivity index (χ0n) is 15.2. The van der Waals surface area contributed by atoms with Crippen molar-refractivity contribution in [3.8, 4) is 11.1 Å². The van der Waals surface area contributed by atoms with Crippen LogP contribution in [0, 0.1) is 18.6 Å². The number of aromatic nitrogens is 1. The number of benzene rings is 2.